The van der Waals surface area contributed by atoms with Gasteiger partial charge in [-0.1, -0.05) is 6.42 Å². The monoisotopic (exact) mass is 200 g/mol. The number of hydrogen-bond acceptors (Lipinski definition) is 4. The van der Waals surface area contributed by atoms with Gasteiger partial charge in [-0.15, -0.1) is 0 Å². The number of aliphatic hydroxyl groups is 1. The molecule has 0 saturated heterocycles. The molecule has 0 aliphatic heterocycles. The van der Waals surface area contributed by atoms with Gasteiger partial charge in [0.05, 0.1) is 12.5 Å². The average Bonchev–Trinajstić information content (AvgIpc) is 2.18. The molecular formula is C10H16O4. The van der Waals surface area contributed by atoms with Crippen LogP contribution in [-0.2, 0) is 14.3 Å². The van der Waals surface area contributed by atoms with E-state index in [9.17, 15) is 14.7 Å². The molecule has 1 aliphatic carbocycles. The van der Waals surface area contributed by atoms with Crippen LogP contribution >= 0.6 is 0 Å². The highest BCUT2D eigenvalue weighted by atomic mass is 16.5. The lowest BCUT2D eigenvalue weighted by molar-refractivity contribution is -0.159. The first kappa shape index (κ1) is 11.2. The largest absolute Gasteiger partial charge is 0.464 e. The average molecular weight is 200 g/mol. The van der Waals surface area contributed by atoms with Gasteiger partial charge in [-0.3, -0.25) is 4.79 Å². The fraction of sp³-hybridized carbons (Fsp3) is 0.800. The molecule has 2 atom stereocenters. The quantitative estimate of drug-likeness (QED) is 0.680. The fourth-order valence-electron chi connectivity index (χ4n) is 1.74. The second kappa shape index (κ2) is 5.10. The molecule has 4 heteroatoms. The fourth-order valence-corrected chi connectivity index (χ4v) is 1.74. The summed E-state index contributed by atoms with van der Waals surface area (Å²) in [4.78, 5) is 22.5. The van der Waals surface area contributed by atoms with E-state index in [0.29, 0.717) is 12.8 Å². The molecule has 0 bridgehead atoms. The molecule has 1 N–H and O–H groups in total. The van der Waals surface area contributed by atoms with Crippen molar-refractivity contribution in [3.05, 3.63) is 0 Å². The summed E-state index contributed by atoms with van der Waals surface area (Å²) in [6, 6.07) is 0. The third-order valence-corrected chi connectivity index (χ3v) is 2.51. The maximum atomic E-state index is 11.4. The summed E-state index contributed by atoms with van der Waals surface area (Å²) in [6.07, 6.45) is 1.57. The Hall–Kier alpha value is -0.900. The molecule has 1 unspecified atom stereocenters. The lowest BCUT2D eigenvalue weighted by Gasteiger charge is -2.23. The van der Waals surface area contributed by atoms with Crippen LogP contribution in [0.25, 0.3) is 0 Å². The van der Waals surface area contributed by atoms with Crippen LogP contribution < -0.4 is 0 Å². The zero-order valence-corrected chi connectivity index (χ0v) is 8.36. The normalized spacial score (nSPS) is 24.4. The first-order valence-corrected chi connectivity index (χ1v) is 5.04. The first-order valence-electron chi connectivity index (χ1n) is 5.04. The Morgan fingerprint density at radius 2 is 2.36 bits per heavy atom. The predicted molar refractivity (Wildman–Crippen MR) is 49.6 cm³/mol. The van der Waals surface area contributed by atoms with E-state index in [1.165, 1.54) is 0 Å². The van der Waals surface area contributed by atoms with Gasteiger partial charge < -0.3 is 9.84 Å². The van der Waals surface area contributed by atoms with Gasteiger partial charge in [-0.25, -0.2) is 4.79 Å². The number of ether oxygens (including phenoxy) is 1. The number of hydrogen-bond donors (Lipinski definition) is 1. The summed E-state index contributed by atoms with van der Waals surface area (Å²) >= 11 is 0. The first-order chi connectivity index (χ1) is 6.66. The predicted octanol–water partition coefficient (Wildman–Crippen LogP) is 0.670. The Kier molecular flexibility index (Phi) is 4.07. The summed E-state index contributed by atoms with van der Waals surface area (Å²) in [5, 5.41) is 9.55. The summed E-state index contributed by atoms with van der Waals surface area (Å²) < 4.78 is 4.66. The smallest absolute Gasteiger partial charge is 0.335 e. The molecule has 0 aromatic rings. The number of ketones is 1. The topological polar surface area (TPSA) is 63.6 Å². The zero-order chi connectivity index (χ0) is 10.6. The van der Waals surface area contributed by atoms with E-state index in [4.69, 9.17) is 0 Å². The van der Waals surface area contributed by atoms with Gasteiger partial charge in [0.1, 0.15) is 5.78 Å². The number of esters is 1. The van der Waals surface area contributed by atoms with E-state index in [0.717, 1.165) is 12.8 Å². The molecule has 0 heterocycles. The van der Waals surface area contributed by atoms with Crippen molar-refractivity contribution >= 4 is 11.8 Å². The third kappa shape index (κ3) is 2.54. The lowest BCUT2D eigenvalue weighted by atomic mass is 9.84. The molecule has 0 amide bonds. The number of aliphatic hydroxyl groups excluding tert-OH is 1. The van der Waals surface area contributed by atoms with E-state index in [2.05, 4.69) is 4.74 Å². The molecule has 1 fully saturated rings. The van der Waals surface area contributed by atoms with Crippen molar-refractivity contribution in [3.63, 3.8) is 0 Å². The molecule has 0 aromatic carbocycles. The molecule has 1 rings (SSSR count). The summed E-state index contributed by atoms with van der Waals surface area (Å²) in [6.45, 7) is 1.91. The van der Waals surface area contributed by atoms with E-state index in [1.54, 1.807) is 6.92 Å². The Morgan fingerprint density at radius 3 is 2.93 bits per heavy atom. The summed E-state index contributed by atoms with van der Waals surface area (Å²) in [7, 11) is 0. The Balaban J connectivity index is 2.53. The van der Waals surface area contributed by atoms with Crippen molar-refractivity contribution in [1.29, 1.82) is 0 Å². The Bertz CT molecular complexity index is 224. The highest BCUT2D eigenvalue weighted by Crippen LogP contribution is 2.24. The number of carbonyl (C=O) groups excluding carboxylic acids is 2. The van der Waals surface area contributed by atoms with E-state index >= 15 is 0 Å². The van der Waals surface area contributed by atoms with E-state index in [-0.39, 0.29) is 12.4 Å². The van der Waals surface area contributed by atoms with Crippen LogP contribution in [-0.4, -0.2) is 29.6 Å². The SMILES string of the molecule is CCOC(=O)C(O)[C@@H]1CCCCC1=O. The van der Waals surface area contributed by atoms with Gasteiger partial charge in [0.2, 0.25) is 0 Å². The van der Waals surface area contributed by atoms with Crippen molar-refractivity contribution in [1.82, 2.24) is 0 Å². The second-order valence-electron chi connectivity index (χ2n) is 3.52. The molecule has 0 spiro atoms. The summed E-state index contributed by atoms with van der Waals surface area (Å²) in [5.41, 5.74) is 0. The van der Waals surface area contributed by atoms with E-state index < -0.39 is 18.0 Å². The third-order valence-electron chi connectivity index (χ3n) is 2.51. The maximum Gasteiger partial charge on any atom is 0.335 e. The maximum absolute atomic E-state index is 11.4. The van der Waals surface area contributed by atoms with Gasteiger partial charge in [-0.05, 0) is 19.8 Å². The highest BCUT2D eigenvalue weighted by molar-refractivity contribution is 5.88. The van der Waals surface area contributed by atoms with Crippen molar-refractivity contribution in [2.75, 3.05) is 6.61 Å². The molecule has 1 saturated carbocycles. The lowest BCUT2D eigenvalue weighted by Crippen LogP contribution is -2.37. The van der Waals surface area contributed by atoms with Gasteiger partial charge >= 0.3 is 5.97 Å². The zero-order valence-electron chi connectivity index (χ0n) is 8.36. The van der Waals surface area contributed by atoms with Crippen LogP contribution in [0.5, 0.6) is 0 Å². The molecule has 0 radical (unpaired) electrons. The van der Waals surface area contributed by atoms with Crippen LogP contribution in [0, 0.1) is 5.92 Å². The molecule has 1 aliphatic rings. The van der Waals surface area contributed by atoms with Crippen LogP contribution in [0.3, 0.4) is 0 Å². The number of rotatable bonds is 3. The van der Waals surface area contributed by atoms with Crippen molar-refractivity contribution < 1.29 is 19.4 Å². The van der Waals surface area contributed by atoms with E-state index in [1.807, 2.05) is 0 Å². The van der Waals surface area contributed by atoms with Crippen LogP contribution in [0.4, 0.5) is 0 Å². The molecule has 14 heavy (non-hydrogen) atoms. The Morgan fingerprint density at radius 1 is 1.64 bits per heavy atom. The van der Waals surface area contributed by atoms with Crippen molar-refractivity contribution in [2.24, 2.45) is 5.92 Å². The minimum absolute atomic E-state index is 0.0168. The summed E-state index contributed by atoms with van der Waals surface area (Å²) in [5.74, 6) is -1.23. The van der Waals surface area contributed by atoms with Gasteiger partial charge in [0.15, 0.2) is 6.10 Å². The highest BCUT2D eigenvalue weighted by Gasteiger charge is 2.34. The van der Waals surface area contributed by atoms with Gasteiger partial charge in [0, 0.05) is 6.42 Å². The van der Waals surface area contributed by atoms with Crippen molar-refractivity contribution in [3.8, 4) is 0 Å². The molecule has 4 nitrogen and oxygen atoms in total. The van der Waals surface area contributed by atoms with Crippen LogP contribution in [0.15, 0.2) is 0 Å². The minimum atomic E-state index is -1.26. The Labute approximate surface area is 83.2 Å². The standard InChI is InChI=1S/C10H16O4/c1-2-14-10(13)9(12)7-5-3-4-6-8(7)11/h7,9,12H,2-6H2,1H3/t7-,9?/m1/s1. The van der Waals surface area contributed by atoms with Gasteiger partial charge in [0.25, 0.3) is 0 Å². The van der Waals surface area contributed by atoms with Crippen molar-refractivity contribution in [2.45, 2.75) is 38.7 Å². The van der Waals surface area contributed by atoms with Gasteiger partial charge in [-0.2, -0.15) is 0 Å². The molecule has 0 aromatic heterocycles. The van der Waals surface area contributed by atoms with Crippen LogP contribution in [0.1, 0.15) is 32.6 Å². The second-order valence-corrected chi connectivity index (χ2v) is 3.52. The molecule has 80 valence electrons. The molecular weight excluding hydrogens is 184 g/mol. The minimum Gasteiger partial charge on any atom is -0.464 e. The number of carbonyl (C=O) groups is 2. The van der Waals surface area contributed by atoms with Crippen LogP contribution in [0.2, 0.25) is 0 Å². The number of Topliss-reactive ketones (excluding diaryl/α,β-unsaturated/α-hetero) is 1.